The highest BCUT2D eigenvalue weighted by atomic mass is 79.9. The van der Waals surface area contributed by atoms with E-state index in [1.807, 2.05) is 66.7 Å². The number of amides is 1. The molecule has 126 valence electrons. The third-order valence-corrected chi connectivity index (χ3v) is 5.30. The summed E-state index contributed by atoms with van der Waals surface area (Å²) in [6, 6.07) is 21.2. The highest BCUT2D eigenvalue weighted by Crippen LogP contribution is 2.33. The second-order valence-corrected chi connectivity index (χ2v) is 7.05. The summed E-state index contributed by atoms with van der Waals surface area (Å²) in [5, 5.41) is 0. The van der Waals surface area contributed by atoms with Gasteiger partial charge in [0.2, 0.25) is 5.89 Å². The monoisotopic (exact) mass is 404 g/mol. The van der Waals surface area contributed by atoms with Gasteiger partial charge in [0, 0.05) is 21.8 Å². The lowest BCUT2D eigenvalue weighted by Gasteiger charge is -2.15. The Labute approximate surface area is 158 Å². The summed E-state index contributed by atoms with van der Waals surface area (Å²) >= 11 is 3.53. The Morgan fingerprint density at radius 3 is 2.54 bits per heavy atom. The molecule has 4 aromatic rings. The molecule has 0 spiro atoms. The number of anilines is 1. The molecule has 0 saturated carbocycles. The molecule has 0 radical (unpaired) electrons. The molecule has 0 aliphatic carbocycles. The molecule has 5 rings (SSSR count). The number of benzene rings is 3. The molecule has 0 bridgehead atoms. The molecule has 0 unspecified atom stereocenters. The van der Waals surface area contributed by atoms with Crippen LogP contribution in [0.4, 0.5) is 5.69 Å². The number of fused-ring (bicyclic) bond motifs is 2. The summed E-state index contributed by atoms with van der Waals surface area (Å²) in [7, 11) is 0. The number of rotatable bonds is 2. The van der Waals surface area contributed by atoms with Gasteiger partial charge in [0.1, 0.15) is 5.52 Å². The standard InChI is InChI=1S/C21H13BrN2O2/c22-17-8-4-3-7-16(17)20-23-18-10-9-14(11-19(18)26-20)24-12-13-5-1-2-6-15(13)21(24)25/h1-11H,12H2. The highest BCUT2D eigenvalue weighted by molar-refractivity contribution is 9.10. The number of nitrogens with zero attached hydrogens (tertiary/aromatic N) is 2. The van der Waals surface area contributed by atoms with Crippen LogP contribution in [-0.2, 0) is 6.54 Å². The van der Waals surface area contributed by atoms with Gasteiger partial charge in [-0.2, -0.15) is 0 Å². The van der Waals surface area contributed by atoms with Crippen LogP contribution in [0.3, 0.4) is 0 Å². The molecule has 0 saturated heterocycles. The molecule has 1 amide bonds. The van der Waals surface area contributed by atoms with Crippen molar-refractivity contribution in [3.63, 3.8) is 0 Å². The third kappa shape index (κ3) is 2.35. The molecule has 4 nitrogen and oxygen atoms in total. The van der Waals surface area contributed by atoms with Crippen LogP contribution in [-0.4, -0.2) is 10.9 Å². The molecule has 0 atom stereocenters. The van der Waals surface area contributed by atoms with E-state index in [4.69, 9.17) is 4.42 Å². The van der Waals surface area contributed by atoms with E-state index in [1.54, 1.807) is 4.90 Å². The van der Waals surface area contributed by atoms with Crippen LogP contribution >= 0.6 is 15.9 Å². The summed E-state index contributed by atoms with van der Waals surface area (Å²) in [5.41, 5.74) is 4.95. The Kier molecular flexibility index (Phi) is 3.43. The van der Waals surface area contributed by atoms with Crippen molar-refractivity contribution < 1.29 is 9.21 Å². The molecule has 1 aliphatic heterocycles. The van der Waals surface area contributed by atoms with Gasteiger partial charge >= 0.3 is 0 Å². The van der Waals surface area contributed by atoms with Gasteiger partial charge in [-0.25, -0.2) is 4.98 Å². The second kappa shape index (κ2) is 5.81. The quantitative estimate of drug-likeness (QED) is 0.448. The molecule has 0 fully saturated rings. The van der Waals surface area contributed by atoms with Gasteiger partial charge in [-0.1, -0.05) is 30.3 Å². The maximum atomic E-state index is 12.7. The number of carbonyl (C=O) groups excluding carboxylic acids is 1. The van der Waals surface area contributed by atoms with Crippen molar-refractivity contribution in [2.75, 3.05) is 4.90 Å². The SMILES string of the molecule is O=C1c2ccccc2CN1c1ccc2nc(-c3ccccc3Br)oc2c1. The fourth-order valence-corrected chi connectivity index (χ4v) is 3.75. The normalized spacial score (nSPS) is 13.4. The lowest BCUT2D eigenvalue weighted by atomic mass is 10.1. The zero-order chi connectivity index (χ0) is 17.7. The molecule has 1 aliphatic rings. The minimum Gasteiger partial charge on any atom is -0.436 e. The number of oxazole rings is 1. The Morgan fingerprint density at radius 1 is 0.962 bits per heavy atom. The van der Waals surface area contributed by atoms with Crippen molar-refractivity contribution >= 4 is 38.6 Å². The van der Waals surface area contributed by atoms with E-state index in [-0.39, 0.29) is 5.91 Å². The van der Waals surface area contributed by atoms with Crippen LogP contribution in [0.15, 0.2) is 75.6 Å². The molecule has 2 heterocycles. The van der Waals surface area contributed by atoms with Crippen molar-refractivity contribution in [3.8, 4) is 11.5 Å². The van der Waals surface area contributed by atoms with Gasteiger partial charge in [0.05, 0.1) is 12.1 Å². The van der Waals surface area contributed by atoms with Crippen LogP contribution in [0.2, 0.25) is 0 Å². The number of aromatic nitrogens is 1. The fraction of sp³-hybridized carbons (Fsp3) is 0.0476. The van der Waals surface area contributed by atoms with Crippen LogP contribution in [0.1, 0.15) is 15.9 Å². The maximum Gasteiger partial charge on any atom is 0.258 e. The first-order valence-electron chi connectivity index (χ1n) is 8.26. The van der Waals surface area contributed by atoms with Crippen LogP contribution in [0.5, 0.6) is 0 Å². The van der Waals surface area contributed by atoms with Crippen LogP contribution in [0.25, 0.3) is 22.6 Å². The molecule has 26 heavy (non-hydrogen) atoms. The van der Waals surface area contributed by atoms with Crippen molar-refractivity contribution in [2.24, 2.45) is 0 Å². The minimum atomic E-state index is 0.0190. The van der Waals surface area contributed by atoms with E-state index < -0.39 is 0 Å². The van der Waals surface area contributed by atoms with Crippen LogP contribution in [0, 0.1) is 0 Å². The van der Waals surface area contributed by atoms with Crippen molar-refractivity contribution in [3.05, 3.63) is 82.3 Å². The Bertz CT molecular complexity index is 1170. The summed E-state index contributed by atoms with van der Waals surface area (Å²) in [5.74, 6) is 0.575. The molecule has 3 aromatic carbocycles. The number of halogens is 1. The van der Waals surface area contributed by atoms with E-state index in [2.05, 4.69) is 20.9 Å². The number of hydrogen-bond donors (Lipinski definition) is 0. The van der Waals surface area contributed by atoms with Crippen molar-refractivity contribution in [1.29, 1.82) is 0 Å². The molecular weight excluding hydrogens is 392 g/mol. The van der Waals surface area contributed by atoms with Gasteiger partial charge in [0.15, 0.2) is 5.58 Å². The van der Waals surface area contributed by atoms with E-state index in [9.17, 15) is 4.79 Å². The largest absolute Gasteiger partial charge is 0.436 e. The summed E-state index contributed by atoms with van der Waals surface area (Å²) < 4.78 is 6.90. The predicted molar refractivity (Wildman–Crippen MR) is 104 cm³/mol. The first-order valence-corrected chi connectivity index (χ1v) is 9.05. The van der Waals surface area contributed by atoms with Gasteiger partial charge in [-0.05, 0) is 51.8 Å². The lowest BCUT2D eigenvalue weighted by molar-refractivity contribution is 0.0996. The summed E-state index contributed by atoms with van der Waals surface area (Å²) in [4.78, 5) is 19.0. The number of carbonyl (C=O) groups is 1. The zero-order valence-corrected chi connectivity index (χ0v) is 15.2. The fourth-order valence-electron chi connectivity index (χ4n) is 3.29. The smallest absolute Gasteiger partial charge is 0.258 e. The van der Waals surface area contributed by atoms with E-state index in [0.29, 0.717) is 18.0 Å². The average Bonchev–Trinajstić information content (AvgIpc) is 3.23. The van der Waals surface area contributed by atoms with E-state index in [0.717, 1.165) is 32.4 Å². The lowest BCUT2D eigenvalue weighted by Crippen LogP contribution is -2.22. The molecule has 1 aromatic heterocycles. The Balaban J connectivity index is 1.56. The van der Waals surface area contributed by atoms with Crippen molar-refractivity contribution in [2.45, 2.75) is 6.54 Å². The highest BCUT2D eigenvalue weighted by Gasteiger charge is 2.28. The first kappa shape index (κ1) is 15.3. The van der Waals surface area contributed by atoms with Crippen LogP contribution < -0.4 is 4.90 Å². The van der Waals surface area contributed by atoms with Gasteiger partial charge in [-0.3, -0.25) is 4.79 Å². The van der Waals surface area contributed by atoms with E-state index in [1.165, 1.54) is 0 Å². The molecule has 0 N–H and O–H groups in total. The summed E-state index contributed by atoms with van der Waals surface area (Å²) in [6.45, 7) is 0.575. The van der Waals surface area contributed by atoms with Gasteiger partial charge < -0.3 is 9.32 Å². The Morgan fingerprint density at radius 2 is 1.73 bits per heavy atom. The predicted octanol–water partition coefficient (Wildman–Crippen LogP) is 5.42. The number of hydrogen-bond acceptors (Lipinski definition) is 3. The molecule has 5 heteroatoms. The van der Waals surface area contributed by atoms with Gasteiger partial charge in [-0.15, -0.1) is 0 Å². The Hall–Kier alpha value is -2.92. The maximum absolute atomic E-state index is 12.7. The average molecular weight is 405 g/mol. The third-order valence-electron chi connectivity index (χ3n) is 4.61. The van der Waals surface area contributed by atoms with E-state index >= 15 is 0 Å². The minimum absolute atomic E-state index is 0.0190. The topological polar surface area (TPSA) is 46.3 Å². The van der Waals surface area contributed by atoms with Crippen molar-refractivity contribution in [1.82, 2.24) is 4.98 Å². The molecular formula is C21H13BrN2O2. The van der Waals surface area contributed by atoms with Gasteiger partial charge in [0.25, 0.3) is 5.91 Å². The second-order valence-electron chi connectivity index (χ2n) is 6.20. The summed E-state index contributed by atoms with van der Waals surface area (Å²) in [6.07, 6.45) is 0. The zero-order valence-electron chi connectivity index (χ0n) is 13.6. The first-order chi connectivity index (χ1) is 12.7.